The number of nitrogens with zero attached hydrogens (tertiary/aromatic N) is 2. The predicted molar refractivity (Wildman–Crippen MR) is 109 cm³/mol. The number of nitrogens with one attached hydrogen (secondary N) is 3. The monoisotopic (exact) mass is 558 g/mol. The van der Waals surface area contributed by atoms with E-state index >= 15 is 0 Å². The number of hydrazine groups is 1. The molecule has 22 heteroatoms. The molecule has 16 nitrogen and oxygen atoms in total. The van der Waals surface area contributed by atoms with Gasteiger partial charge in [0.15, 0.2) is 5.03 Å². The quantitative estimate of drug-likeness (QED) is 0.0393. The highest BCUT2D eigenvalue weighted by molar-refractivity contribution is 5.83. The summed E-state index contributed by atoms with van der Waals surface area (Å²) in [5.41, 5.74) is 17.9. The zero-order valence-corrected chi connectivity index (χ0v) is 18.5. The van der Waals surface area contributed by atoms with Gasteiger partial charge in [0.25, 0.3) is 5.96 Å². The summed E-state index contributed by atoms with van der Waals surface area (Å²) >= 11 is 0. The van der Waals surface area contributed by atoms with Gasteiger partial charge in [0, 0.05) is 19.1 Å². The Hall–Kier alpha value is -3.95. The average molecular weight is 558 g/mol. The van der Waals surface area contributed by atoms with E-state index in [-0.39, 0.29) is 24.5 Å². The number of primary amides is 1. The second-order valence-electron chi connectivity index (χ2n) is 6.79. The largest absolute Gasteiger partial charge is 0.490 e. The number of rotatable bonds is 8. The highest BCUT2D eigenvalue weighted by atomic mass is 19.4. The number of aliphatic imine (C=N–C) groups is 1. The van der Waals surface area contributed by atoms with Crippen LogP contribution in [0.5, 0.6) is 0 Å². The van der Waals surface area contributed by atoms with E-state index in [2.05, 4.69) is 15.6 Å². The van der Waals surface area contributed by atoms with Gasteiger partial charge < -0.3 is 38.0 Å². The molecule has 0 unspecified atom stereocenters. The van der Waals surface area contributed by atoms with E-state index in [1.165, 1.54) is 0 Å². The summed E-state index contributed by atoms with van der Waals surface area (Å²) in [5.74, 6) is -6.60. The summed E-state index contributed by atoms with van der Waals surface area (Å²) in [6.07, 6.45) is -8.94. The van der Waals surface area contributed by atoms with Gasteiger partial charge in [-0.25, -0.2) is 24.7 Å². The number of halogens is 6. The van der Waals surface area contributed by atoms with E-state index in [4.69, 9.17) is 37.0 Å². The summed E-state index contributed by atoms with van der Waals surface area (Å²) in [5, 5.41) is 29.2. The van der Waals surface area contributed by atoms with Crippen LogP contribution >= 0.6 is 0 Å². The molecular weight excluding hydrogens is 534 g/mol. The fourth-order valence-corrected chi connectivity index (χ4v) is 2.14. The third kappa shape index (κ3) is 18.0. The van der Waals surface area contributed by atoms with Gasteiger partial charge in [0.2, 0.25) is 11.8 Å². The molecule has 0 saturated carbocycles. The van der Waals surface area contributed by atoms with Crippen molar-refractivity contribution in [3.8, 4) is 0 Å². The lowest BCUT2D eigenvalue weighted by molar-refractivity contribution is -0.525. The molecule has 3 atom stereocenters. The summed E-state index contributed by atoms with van der Waals surface area (Å²) in [6.45, 7) is 0.668. The molecule has 1 aliphatic rings. The minimum Gasteiger partial charge on any atom is -0.475 e. The lowest BCUT2D eigenvalue weighted by atomic mass is 10.1. The fraction of sp³-hybridized carbons (Fsp3) is 0.667. The zero-order valence-electron chi connectivity index (χ0n) is 18.5. The minimum atomic E-state index is -5.08. The summed E-state index contributed by atoms with van der Waals surface area (Å²) in [6, 6.07) is -1.37. The number of carboxylic acid groups (broad SMARTS) is 2. The van der Waals surface area contributed by atoms with Gasteiger partial charge in [-0.05, 0) is 19.3 Å². The Morgan fingerprint density at radius 1 is 1.08 bits per heavy atom. The van der Waals surface area contributed by atoms with Crippen LogP contribution in [0.3, 0.4) is 0 Å². The normalized spacial score (nSPS) is 18.2. The molecule has 1 aliphatic heterocycles. The Morgan fingerprint density at radius 3 is 1.89 bits per heavy atom. The molecule has 2 amide bonds. The molecule has 0 aromatic rings. The molecule has 11 N–H and O–H groups in total. The number of alkyl halides is 6. The van der Waals surface area contributed by atoms with Crippen molar-refractivity contribution in [1.82, 2.24) is 16.1 Å². The standard InChI is InChI=1S/C11H22N8O4.2C2HF3O2/c12-7(2-1-3-15-11(14)18-19(22)23)10(21)17-6-4-8(9(13)20)16-5-6;2*3-2(4,5)1(6)7/h6-8,16H,1-5,12H2,(H2,13,20)(H,17,21)(H3,14,15,18);2*(H,6,7)/t6-,7+,8+;;/m0../s1. The van der Waals surface area contributed by atoms with Crippen molar-refractivity contribution >= 4 is 29.7 Å². The van der Waals surface area contributed by atoms with Gasteiger partial charge in [0.05, 0.1) is 12.1 Å². The van der Waals surface area contributed by atoms with E-state index in [0.717, 1.165) is 0 Å². The Balaban J connectivity index is 0. The molecule has 1 heterocycles. The maximum absolute atomic E-state index is 11.9. The molecule has 1 rings (SSSR count). The Bertz CT molecular complexity index is 814. The molecule has 214 valence electrons. The molecule has 1 fully saturated rings. The van der Waals surface area contributed by atoms with E-state index in [9.17, 15) is 46.0 Å². The maximum atomic E-state index is 11.9. The number of carboxylic acids is 2. The lowest BCUT2D eigenvalue weighted by Crippen LogP contribution is -2.46. The smallest absolute Gasteiger partial charge is 0.475 e. The second kappa shape index (κ2) is 15.9. The second-order valence-corrected chi connectivity index (χ2v) is 6.79. The van der Waals surface area contributed by atoms with Crippen molar-refractivity contribution in [2.45, 2.75) is 49.7 Å². The summed E-state index contributed by atoms with van der Waals surface area (Å²) in [7, 11) is 0. The van der Waals surface area contributed by atoms with Crippen LogP contribution in [0.2, 0.25) is 0 Å². The topological polar surface area (TPSA) is 278 Å². The lowest BCUT2D eigenvalue weighted by Gasteiger charge is -2.16. The number of guanidine groups is 1. The van der Waals surface area contributed by atoms with Gasteiger partial charge in [-0.15, -0.1) is 0 Å². The number of carbonyl (C=O) groups is 4. The van der Waals surface area contributed by atoms with Crippen molar-refractivity contribution in [3.63, 3.8) is 0 Å². The number of hydrogen-bond acceptors (Lipinski definition) is 9. The van der Waals surface area contributed by atoms with Gasteiger partial charge >= 0.3 is 24.3 Å². The zero-order chi connectivity index (χ0) is 29.6. The third-order valence-corrected chi connectivity index (χ3v) is 3.80. The van der Waals surface area contributed by atoms with Crippen LogP contribution in [-0.2, 0) is 19.2 Å². The Morgan fingerprint density at radius 2 is 1.54 bits per heavy atom. The van der Waals surface area contributed by atoms with E-state index < -0.39 is 47.3 Å². The van der Waals surface area contributed by atoms with Crippen LogP contribution in [0.1, 0.15) is 19.3 Å². The highest BCUT2D eigenvalue weighted by Gasteiger charge is 2.38. The van der Waals surface area contributed by atoms with Gasteiger partial charge in [0.1, 0.15) is 0 Å². The van der Waals surface area contributed by atoms with Gasteiger partial charge in [-0.1, -0.05) is 5.43 Å². The first-order chi connectivity index (χ1) is 16.7. The molecule has 37 heavy (non-hydrogen) atoms. The predicted octanol–water partition coefficient (Wildman–Crippen LogP) is -2.21. The van der Waals surface area contributed by atoms with Crippen molar-refractivity contribution in [3.05, 3.63) is 10.1 Å². The van der Waals surface area contributed by atoms with Crippen molar-refractivity contribution < 1.29 is 60.8 Å². The molecule has 1 saturated heterocycles. The van der Waals surface area contributed by atoms with Crippen LogP contribution in [0.15, 0.2) is 4.99 Å². The number of nitro groups is 1. The average Bonchev–Trinajstić information content (AvgIpc) is 3.18. The Labute approximate surface area is 202 Å². The third-order valence-electron chi connectivity index (χ3n) is 3.80. The van der Waals surface area contributed by atoms with E-state index in [1.54, 1.807) is 5.43 Å². The van der Waals surface area contributed by atoms with Gasteiger partial charge in [-0.2, -0.15) is 26.3 Å². The van der Waals surface area contributed by atoms with E-state index in [1.807, 2.05) is 0 Å². The Kier molecular flexibility index (Phi) is 15.2. The molecule has 0 aliphatic carbocycles. The summed E-state index contributed by atoms with van der Waals surface area (Å²) in [4.78, 5) is 54.5. The van der Waals surface area contributed by atoms with E-state index in [0.29, 0.717) is 25.8 Å². The first-order valence-electron chi connectivity index (χ1n) is 9.58. The van der Waals surface area contributed by atoms with Crippen molar-refractivity contribution in [2.24, 2.45) is 22.2 Å². The number of nitrogens with two attached hydrogens (primary N) is 3. The summed E-state index contributed by atoms with van der Waals surface area (Å²) < 4.78 is 63.5. The van der Waals surface area contributed by atoms with Crippen LogP contribution in [0.4, 0.5) is 26.3 Å². The first-order valence-corrected chi connectivity index (χ1v) is 9.58. The highest BCUT2D eigenvalue weighted by Crippen LogP contribution is 2.13. The molecule has 0 radical (unpaired) electrons. The van der Waals surface area contributed by atoms with Crippen molar-refractivity contribution in [1.29, 1.82) is 0 Å². The van der Waals surface area contributed by atoms with Gasteiger partial charge in [-0.3, -0.25) is 9.59 Å². The molecule has 0 bridgehead atoms. The first kappa shape index (κ1) is 35.2. The van der Waals surface area contributed by atoms with Crippen LogP contribution in [0.25, 0.3) is 0 Å². The minimum absolute atomic E-state index is 0.191. The number of carbonyl (C=O) groups excluding carboxylic acids is 2. The molecular formula is C15H24F6N8O8. The molecule has 0 aromatic carbocycles. The SMILES string of the molecule is NC(=O)[C@H]1C[C@H](NC(=O)[C@H](N)CCCN=C(N)N[N+](=O)[O-])CN1.O=C(O)C(F)(F)F.O=C(O)C(F)(F)F. The maximum Gasteiger partial charge on any atom is 0.490 e. The van der Waals surface area contributed by atoms with Crippen LogP contribution < -0.4 is 33.3 Å². The van der Waals surface area contributed by atoms with Crippen LogP contribution in [0, 0.1) is 10.1 Å². The fourth-order valence-electron chi connectivity index (χ4n) is 2.14. The van der Waals surface area contributed by atoms with Crippen molar-refractivity contribution in [2.75, 3.05) is 13.1 Å². The number of aliphatic carboxylic acids is 2. The van der Waals surface area contributed by atoms with Crippen LogP contribution in [-0.4, -0.2) is 88.5 Å². The number of hydrogen-bond donors (Lipinski definition) is 8. The number of amides is 2. The molecule has 0 aromatic heterocycles. The molecule has 0 spiro atoms.